The maximum Gasteiger partial charge on any atom is 0.411 e. The normalized spacial score (nSPS) is 10.7. The third-order valence-corrected chi connectivity index (χ3v) is 3.53. The molecule has 29 heavy (non-hydrogen) atoms. The Morgan fingerprint density at radius 2 is 1.86 bits per heavy atom. The molecule has 0 fully saturated rings. The van der Waals surface area contributed by atoms with E-state index in [1.54, 1.807) is 42.5 Å². The SMILES string of the molecule is CC(C)COC(=O)Nc1cccc(NC(=O)CCNC(=O)/C=C/c2ccco2)c1. The molecule has 0 atom stereocenters. The monoisotopic (exact) mass is 399 g/mol. The minimum atomic E-state index is -0.549. The number of hydrogen-bond donors (Lipinski definition) is 3. The fraction of sp³-hybridized carbons (Fsp3) is 0.286. The van der Waals surface area contributed by atoms with Crippen molar-refractivity contribution in [2.24, 2.45) is 5.92 Å². The van der Waals surface area contributed by atoms with E-state index in [0.717, 1.165) is 0 Å². The third kappa shape index (κ3) is 8.79. The van der Waals surface area contributed by atoms with Gasteiger partial charge in [0.15, 0.2) is 0 Å². The summed E-state index contributed by atoms with van der Waals surface area (Å²) in [4.78, 5) is 35.5. The highest BCUT2D eigenvalue weighted by Gasteiger charge is 2.07. The number of carbonyl (C=O) groups is 3. The zero-order valence-corrected chi connectivity index (χ0v) is 16.4. The fourth-order valence-corrected chi connectivity index (χ4v) is 2.20. The van der Waals surface area contributed by atoms with E-state index in [-0.39, 0.29) is 30.7 Å². The van der Waals surface area contributed by atoms with Crippen molar-refractivity contribution >= 4 is 35.4 Å². The maximum atomic E-state index is 12.0. The average Bonchev–Trinajstić information content (AvgIpc) is 3.18. The van der Waals surface area contributed by atoms with Gasteiger partial charge in [-0.1, -0.05) is 19.9 Å². The molecular weight excluding hydrogens is 374 g/mol. The molecule has 3 N–H and O–H groups in total. The van der Waals surface area contributed by atoms with E-state index in [1.807, 2.05) is 13.8 Å². The zero-order valence-electron chi connectivity index (χ0n) is 16.4. The van der Waals surface area contributed by atoms with Gasteiger partial charge in [0.05, 0.1) is 12.9 Å². The van der Waals surface area contributed by atoms with Gasteiger partial charge in [-0.2, -0.15) is 0 Å². The molecule has 0 aliphatic rings. The number of anilines is 2. The van der Waals surface area contributed by atoms with E-state index in [1.165, 1.54) is 12.3 Å². The van der Waals surface area contributed by atoms with Crippen molar-refractivity contribution in [3.8, 4) is 0 Å². The predicted molar refractivity (Wildman–Crippen MR) is 110 cm³/mol. The third-order valence-electron chi connectivity index (χ3n) is 3.53. The smallest absolute Gasteiger partial charge is 0.411 e. The first-order valence-corrected chi connectivity index (χ1v) is 9.25. The van der Waals surface area contributed by atoms with Crippen LogP contribution in [-0.2, 0) is 14.3 Å². The first-order chi connectivity index (χ1) is 13.9. The van der Waals surface area contributed by atoms with Gasteiger partial charge in [-0.3, -0.25) is 14.9 Å². The first-order valence-electron chi connectivity index (χ1n) is 9.25. The molecule has 0 saturated heterocycles. The molecule has 0 aliphatic heterocycles. The van der Waals surface area contributed by atoms with Crippen molar-refractivity contribution in [1.82, 2.24) is 5.32 Å². The number of rotatable bonds is 9. The van der Waals surface area contributed by atoms with Crippen LogP contribution in [0.5, 0.6) is 0 Å². The van der Waals surface area contributed by atoms with Crippen LogP contribution in [0.4, 0.5) is 16.2 Å². The Kier molecular flexibility index (Phi) is 8.50. The number of amides is 3. The van der Waals surface area contributed by atoms with Crippen LogP contribution < -0.4 is 16.0 Å². The second kappa shape index (κ2) is 11.3. The van der Waals surface area contributed by atoms with Crippen LogP contribution in [0.3, 0.4) is 0 Å². The Balaban J connectivity index is 1.73. The highest BCUT2D eigenvalue weighted by molar-refractivity contribution is 5.94. The number of furan rings is 1. The molecule has 2 aromatic rings. The number of hydrogen-bond acceptors (Lipinski definition) is 5. The van der Waals surface area contributed by atoms with E-state index in [4.69, 9.17) is 9.15 Å². The first kappa shape index (κ1) is 21.7. The van der Waals surface area contributed by atoms with Crippen LogP contribution in [0, 0.1) is 5.92 Å². The molecule has 0 spiro atoms. The van der Waals surface area contributed by atoms with Crippen LogP contribution in [0.15, 0.2) is 53.2 Å². The summed E-state index contributed by atoms with van der Waals surface area (Å²) in [6, 6.07) is 10.2. The highest BCUT2D eigenvalue weighted by atomic mass is 16.5. The van der Waals surface area contributed by atoms with Crippen molar-refractivity contribution in [2.75, 3.05) is 23.8 Å². The van der Waals surface area contributed by atoms with E-state index in [9.17, 15) is 14.4 Å². The molecule has 0 radical (unpaired) electrons. The van der Waals surface area contributed by atoms with E-state index < -0.39 is 6.09 Å². The van der Waals surface area contributed by atoms with Gasteiger partial charge < -0.3 is 19.8 Å². The Hall–Kier alpha value is -3.55. The van der Waals surface area contributed by atoms with Crippen molar-refractivity contribution in [1.29, 1.82) is 0 Å². The van der Waals surface area contributed by atoms with Crippen LogP contribution in [0.2, 0.25) is 0 Å². The lowest BCUT2D eigenvalue weighted by atomic mass is 10.2. The number of carbonyl (C=O) groups excluding carboxylic acids is 3. The zero-order chi connectivity index (χ0) is 21.1. The summed E-state index contributed by atoms with van der Waals surface area (Å²) in [6.45, 7) is 4.40. The standard InChI is InChI=1S/C21H25N3O5/c1-15(2)14-29-21(27)24-17-6-3-5-16(13-17)23-20(26)10-11-22-19(25)9-8-18-7-4-12-28-18/h3-9,12-13,15H,10-11,14H2,1-2H3,(H,22,25)(H,23,26)(H,24,27)/b9-8+. The van der Waals surface area contributed by atoms with Crippen molar-refractivity contribution < 1.29 is 23.5 Å². The minimum absolute atomic E-state index is 0.106. The lowest BCUT2D eigenvalue weighted by Gasteiger charge is -2.10. The summed E-state index contributed by atoms with van der Waals surface area (Å²) >= 11 is 0. The van der Waals surface area contributed by atoms with Gasteiger partial charge >= 0.3 is 6.09 Å². The highest BCUT2D eigenvalue weighted by Crippen LogP contribution is 2.15. The van der Waals surface area contributed by atoms with Gasteiger partial charge in [0.1, 0.15) is 5.76 Å². The molecule has 3 amide bonds. The Bertz CT molecular complexity index is 844. The van der Waals surface area contributed by atoms with Gasteiger partial charge in [0, 0.05) is 30.4 Å². The second-order valence-electron chi connectivity index (χ2n) is 6.64. The largest absolute Gasteiger partial charge is 0.465 e. The van der Waals surface area contributed by atoms with E-state index in [0.29, 0.717) is 23.7 Å². The molecule has 154 valence electrons. The number of ether oxygens (including phenoxy) is 1. The lowest BCUT2D eigenvalue weighted by molar-refractivity contribution is -0.117. The maximum absolute atomic E-state index is 12.0. The molecule has 1 heterocycles. The van der Waals surface area contributed by atoms with Crippen LogP contribution in [-0.4, -0.2) is 31.1 Å². The Morgan fingerprint density at radius 3 is 2.55 bits per heavy atom. The van der Waals surface area contributed by atoms with Gasteiger partial charge in [0.25, 0.3) is 0 Å². The molecule has 0 unspecified atom stereocenters. The van der Waals surface area contributed by atoms with Crippen LogP contribution in [0.1, 0.15) is 26.0 Å². The van der Waals surface area contributed by atoms with Crippen LogP contribution >= 0.6 is 0 Å². The van der Waals surface area contributed by atoms with Crippen molar-refractivity contribution in [2.45, 2.75) is 20.3 Å². The van der Waals surface area contributed by atoms with E-state index >= 15 is 0 Å². The molecule has 1 aromatic carbocycles. The summed E-state index contributed by atoms with van der Waals surface area (Å²) in [5.41, 5.74) is 1.04. The predicted octanol–water partition coefficient (Wildman–Crippen LogP) is 3.64. The minimum Gasteiger partial charge on any atom is -0.465 e. The number of nitrogens with one attached hydrogen (secondary N) is 3. The molecule has 2 rings (SSSR count). The molecular formula is C21H25N3O5. The topological polar surface area (TPSA) is 110 Å². The van der Waals surface area contributed by atoms with Gasteiger partial charge in [-0.15, -0.1) is 0 Å². The summed E-state index contributed by atoms with van der Waals surface area (Å²) in [7, 11) is 0. The van der Waals surface area contributed by atoms with Crippen LogP contribution in [0.25, 0.3) is 6.08 Å². The van der Waals surface area contributed by atoms with Gasteiger partial charge in [0.2, 0.25) is 11.8 Å². The quantitative estimate of drug-likeness (QED) is 0.558. The average molecular weight is 399 g/mol. The van der Waals surface area contributed by atoms with Crippen molar-refractivity contribution in [3.63, 3.8) is 0 Å². The van der Waals surface area contributed by atoms with Gasteiger partial charge in [-0.25, -0.2) is 4.79 Å². The molecule has 0 aliphatic carbocycles. The summed E-state index contributed by atoms with van der Waals surface area (Å²) < 4.78 is 10.1. The number of benzene rings is 1. The summed E-state index contributed by atoms with van der Waals surface area (Å²) in [5, 5.41) is 7.95. The summed E-state index contributed by atoms with van der Waals surface area (Å²) in [6.07, 6.45) is 3.95. The molecule has 0 saturated carbocycles. The Labute approximate surface area is 169 Å². The van der Waals surface area contributed by atoms with Crippen molar-refractivity contribution in [3.05, 3.63) is 54.5 Å². The van der Waals surface area contributed by atoms with E-state index in [2.05, 4.69) is 16.0 Å². The fourth-order valence-electron chi connectivity index (χ4n) is 2.20. The summed E-state index contributed by atoms with van der Waals surface area (Å²) in [5.74, 6) is 0.229. The molecule has 8 nitrogen and oxygen atoms in total. The molecule has 0 bridgehead atoms. The second-order valence-corrected chi connectivity index (χ2v) is 6.64. The Morgan fingerprint density at radius 1 is 1.10 bits per heavy atom. The molecule has 8 heteroatoms. The molecule has 1 aromatic heterocycles. The van der Waals surface area contributed by atoms with Gasteiger partial charge in [-0.05, 0) is 42.3 Å². The lowest BCUT2D eigenvalue weighted by Crippen LogP contribution is -2.26.